The predicted octanol–water partition coefficient (Wildman–Crippen LogP) is 4.46. The minimum Gasteiger partial charge on any atom is -0.324 e. The van der Waals surface area contributed by atoms with Gasteiger partial charge in [0.15, 0.2) is 0 Å². The summed E-state index contributed by atoms with van der Waals surface area (Å²) in [7, 11) is 0. The van der Waals surface area contributed by atoms with Crippen molar-refractivity contribution in [2.24, 2.45) is 11.7 Å². The molecule has 0 aromatic heterocycles. The number of benzene rings is 1. The molecule has 1 aromatic carbocycles. The summed E-state index contributed by atoms with van der Waals surface area (Å²) in [5.41, 5.74) is 5.05. The Morgan fingerprint density at radius 1 is 1.16 bits per heavy atom. The van der Waals surface area contributed by atoms with E-state index in [1.54, 1.807) is 0 Å². The Morgan fingerprint density at radius 2 is 1.74 bits per heavy atom. The number of halogens is 5. The molecule has 6 heteroatoms. The van der Waals surface area contributed by atoms with Crippen molar-refractivity contribution in [1.29, 1.82) is 0 Å². The standard InChI is InChI=1S/C13H15F4N.ClH/c14-11-6-5-9(13(15,16)17)7-10(11)12(18)8-3-1-2-4-8;/h5-8,12H,1-4,18H2;1H/t12-;/m1./s1. The third-order valence-electron chi connectivity index (χ3n) is 3.59. The lowest BCUT2D eigenvalue weighted by Gasteiger charge is -2.21. The van der Waals surface area contributed by atoms with Crippen molar-refractivity contribution in [2.75, 3.05) is 0 Å². The molecule has 1 nitrogen and oxygen atoms in total. The van der Waals surface area contributed by atoms with Gasteiger partial charge in [-0.3, -0.25) is 0 Å². The third kappa shape index (κ3) is 3.60. The average Bonchev–Trinajstić information content (AvgIpc) is 2.80. The molecular formula is C13H16ClF4N. The summed E-state index contributed by atoms with van der Waals surface area (Å²) in [6, 6.07) is 1.81. The normalized spacial score (nSPS) is 18.2. The molecule has 1 aliphatic rings. The molecule has 1 aliphatic carbocycles. The van der Waals surface area contributed by atoms with Crippen molar-refractivity contribution in [3.63, 3.8) is 0 Å². The van der Waals surface area contributed by atoms with E-state index in [4.69, 9.17) is 5.73 Å². The first kappa shape index (κ1) is 16.2. The minimum atomic E-state index is -4.46. The molecular weight excluding hydrogens is 282 g/mol. The summed E-state index contributed by atoms with van der Waals surface area (Å²) in [6.07, 6.45) is -0.719. The maximum absolute atomic E-state index is 13.6. The molecule has 0 saturated heterocycles. The fourth-order valence-electron chi connectivity index (χ4n) is 2.55. The molecule has 1 atom stereocenters. The summed E-state index contributed by atoms with van der Waals surface area (Å²) in [4.78, 5) is 0. The van der Waals surface area contributed by atoms with Crippen LogP contribution in [0.15, 0.2) is 18.2 Å². The maximum atomic E-state index is 13.6. The van der Waals surface area contributed by atoms with Gasteiger partial charge in [0.2, 0.25) is 0 Å². The fourth-order valence-corrected chi connectivity index (χ4v) is 2.55. The first-order valence-electron chi connectivity index (χ1n) is 6.02. The van der Waals surface area contributed by atoms with Crippen molar-refractivity contribution >= 4 is 12.4 Å². The highest BCUT2D eigenvalue weighted by atomic mass is 35.5. The Bertz CT molecular complexity index is 427. The van der Waals surface area contributed by atoms with E-state index < -0.39 is 23.6 Å². The lowest BCUT2D eigenvalue weighted by Crippen LogP contribution is -2.21. The fraction of sp³-hybridized carbons (Fsp3) is 0.538. The van der Waals surface area contributed by atoms with Gasteiger partial charge in [-0.1, -0.05) is 12.8 Å². The molecule has 0 spiro atoms. The highest BCUT2D eigenvalue weighted by Crippen LogP contribution is 2.37. The van der Waals surface area contributed by atoms with E-state index in [2.05, 4.69) is 0 Å². The summed E-state index contributed by atoms with van der Waals surface area (Å²) in [5.74, 6) is -0.564. The van der Waals surface area contributed by atoms with Crippen LogP contribution in [0.2, 0.25) is 0 Å². The van der Waals surface area contributed by atoms with Gasteiger partial charge in [0, 0.05) is 11.6 Å². The molecule has 0 radical (unpaired) electrons. The molecule has 0 bridgehead atoms. The smallest absolute Gasteiger partial charge is 0.324 e. The summed E-state index contributed by atoms with van der Waals surface area (Å²) in [6.45, 7) is 0. The Labute approximate surface area is 115 Å². The number of nitrogens with two attached hydrogens (primary N) is 1. The SMILES string of the molecule is Cl.N[C@@H](c1cc(C(F)(F)F)ccc1F)C1CCCC1. The van der Waals surface area contributed by atoms with Crippen LogP contribution < -0.4 is 5.73 Å². The maximum Gasteiger partial charge on any atom is 0.416 e. The molecule has 0 unspecified atom stereocenters. The highest BCUT2D eigenvalue weighted by Gasteiger charge is 2.33. The van der Waals surface area contributed by atoms with E-state index in [0.717, 1.165) is 43.9 Å². The van der Waals surface area contributed by atoms with Gasteiger partial charge in [-0.25, -0.2) is 4.39 Å². The average molecular weight is 298 g/mol. The van der Waals surface area contributed by atoms with Crippen molar-refractivity contribution < 1.29 is 17.6 Å². The van der Waals surface area contributed by atoms with Gasteiger partial charge in [-0.2, -0.15) is 13.2 Å². The molecule has 2 N–H and O–H groups in total. The summed E-state index contributed by atoms with van der Waals surface area (Å²) >= 11 is 0. The van der Waals surface area contributed by atoms with Crippen LogP contribution >= 0.6 is 12.4 Å². The number of rotatable bonds is 2. The van der Waals surface area contributed by atoms with Crippen LogP contribution in [-0.2, 0) is 6.18 Å². The quantitative estimate of drug-likeness (QED) is 0.802. The molecule has 0 heterocycles. The van der Waals surface area contributed by atoms with Crippen LogP contribution in [-0.4, -0.2) is 0 Å². The Kier molecular flexibility index (Phi) is 5.21. The second-order valence-electron chi connectivity index (χ2n) is 4.80. The number of hydrogen-bond donors (Lipinski definition) is 1. The van der Waals surface area contributed by atoms with E-state index in [0.29, 0.717) is 0 Å². The molecule has 1 fully saturated rings. The van der Waals surface area contributed by atoms with Gasteiger partial charge in [-0.15, -0.1) is 12.4 Å². The van der Waals surface area contributed by atoms with E-state index in [-0.39, 0.29) is 23.9 Å². The first-order valence-corrected chi connectivity index (χ1v) is 6.02. The Balaban J connectivity index is 0.00000180. The van der Waals surface area contributed by atoms with Gasteiger partial charge in [-0.05, 0) is 37.0 Å². The molecule has 0 amide bonds. The third-order valence-corrected chi connectivity index (χ3v) is 3.59. The van der Waals surface area contributed by atoms with Crippen molar-refractivity contribution in [2.45, 2.75) is 37.9 Å². The van der Waals surface area contributed by atoms with Crippen LogP contribution in [0, 0.1) is 11.7 Å². The van der Waals surface area contributed by atoms with Crippen LogP contribution in [0.3, 0.4) is 0 Å². The zero-order valence-corrected chi connectivity index (χ0v) is 11.0. The monoisotopic (exact) mass is 297 g/mol. The largest absolute Gasteiger partial charge is 0.416 e. The van der Waals surface area contributed by atoms with Crippen molar-refractivity contribution in [3.05, 3.63) is 35.1 Å². The second-order valence-corrected chi connectivity index (χ2v) is 4.80. The predicted molar refractivity (Wildman–Crippen MR) is 67.5 cm³/mol. The first-order chi connectivity index (χ1) is 8.39. The zero-order chi connectivity index (χ0) is 13.3. The lowest BCUT2D eigenvalue weighted by atomic mass is 9.91. The van der Waals surface area contributed by atoms with Gasteiger partial charge in [0.1, 0.15) is 5.82 Å². The van der Waals surface area contributed by atoms with Crippen molar-refractivity contribution in [1.82, 2.24) is 0 Å². The summed E-state index contributed by atoms with van der Waals surface area (Å²) in [5, 5.41) is 0. The molecule has 1 saturated carbocycles. The van der Waals surface area contributed by atoms with Gasteiger partial charge < -0.3 is 5.73 Å². The number of hydrogen-bond acceptors (Lipinski definition) is 1. The minimum absolute atomic E-state index is 0. The molecule has 1 aromatic rings. The molecule has 108 valence electrons. The van der Waals surface area contributed by atoms with E-state index in [1.807, 2.05) is 0 Å². The van der Waals surface area contributed by atoms with Crippen LogP contribution in [0.5, 0.6) is 0 Å². The second kappa shape index (κ2) is 6.09. The van der Waals surface area contributed by atoms with E-state index in [1.165, 1.54) is 0 Å². The van der Waals surface area contributed by atoms with E-state index in [9.17, 15) is 17.6 Å². The molecule has 0 aliphatic heterocycles. The molecule has 19 heavy (non-hydrogen) atoms. The van der Waals surface area contributed by atoms with Gasteiger partial charge in [0.25, 0.3) is 0 Å². The van der Waals surface area contributed by atoms with Gasteiger partial charge >= 0.3 is 6.18 Å². The van der Waals surface area contributed by atoms with E-state index >= 15 is 0 Å². The number of alkyl halides is 3. The Morgan fingerprint density at radius 3 is 2.26 bits per heavy atom. The van der Waals surface area contributed by atoms with Crippen LogP contribution in [0.4, 0.5) is 17.6 Å². The summed E-state index contributed by atoms with van der Waals surface area (Å²) < 4.78 is 51.3. The Hall–Kier alpha value is -0.810. The topological polar surface area (TPSA) is 26.0 Å². The van der Waals surface area contributed by atoms with Crippen LogP contribution in [0.1, 0.15) is 42.9 Å². The lowest BCUT2D eigenvalue weighted by molar-refractivity contribution is -0.137. The molecule has 2 rings (SSSR count). The highest BCUT2D eigenvalue weighted by molar-refractivity contribution is 5.85. The van der Waals surface area contributed by atoms with Crippen molar-refractivity contribution in [3.8, 4) is 0 Å². The van der Waals surface area contributed by atoms with Crippen LogP contribution in [0.25, 0.3) is 0 Å². The zero-order valence-electron chi connectivity index (χ0n) is 10.2. The van der Waals surface area contributed by atoms with Gasteiger partial charge in [0.05, 0.1) is 5.56 Å².